The van der Waals surface area contributed by atoms with Crippen LogP contribution in [0.1, 0.15) is 17.5 Å². The van der Waals surface area contributed by atoms with Crippen molar-refractivity contribution >= 4 is 23.6 Å². The number of hydrogen-bond acceptors (Lipinski definition) is 4. The molecule has 9 heteroatoms. The van der Waals surface area contributed by atoms with Gasteiger partial charge in [0.2, 0.25) is 5.91 Å². The Kier molecular flexibility index (Phi) is 13.3. The summed E-state index contributed by atoms with van der Waals surface area (Å²) in [4.78, 5) is 24.1. The lowest BCUT2D eigenvalue weighted by Gasteiger charge is -2.27. The minimum atomic E-state index is -5.08. The lowest BCUT2D eigenvalue weighted by atomic mass is 10.0. The van der Waals surface area contributed by atoms with Crippen molar-refractivity contribution in [2.75, 3.05) is 32.1 Å². The van der Waals surface area contributed by atoms with Crippen LogP contribution in [0.2, 0.25) is 0 Å². The molecule has 33 heavy (non-hydrogen) atoms. The molecular formula is C24H31F3N2O3S. The SMILES string of the molecule is CN[C@@H](Cc1ccccc1)C(=O)N(CCCSC)CCc1ccccc1.O=C(O)C(F)(F)F. The number of carbonyl (C=O) groups is 2. The van der Waals surface area contributed by atoms with E-state index in [-0.39, 0.29) is 11.9 Å². The van der Waals surface area contributed by atoms with Crippen molar-refractivity contribution in [3.8, 4) is 0 Å². The first kappa shape index (κ1) is 28.5. The number of aliphatic carboxylic acids is 1. The number of carboxylic acid groups (broad SMARTS) is 1. The topological polar surface area (TPSA) is 69.6 Å². The Labute approximate surface area is 197 Å². The van der Waals surface area contributed by atoms with E-state index < -0.39 is 12.1 Å². The van der Waals surface area contributed by atoms with E-state index in [1.807, 2.05) is 48.0 Å². The molecule has 0 fully saturated rings. The molecule has 0 heterocycles. The normalized spacial score (nSPS) is 11.8. The van der Waals surface area contributed by atoms with Crippen molar-refractivity contribution < 1.29 is 27.9 Å². The van der Waals surface area contributed by atoms with Crippen molar-refractivity contribution in [2.24, 2.45) is 0 Å². The fourth-order valence-electron chi connectivity index (χ4n) is 3.02. The van der Waals surface area contributed by atoms with Gasteiger partial charge in [0, 0.05) is 13.1 Å². The predicted octanol–water partition coefficient (Wildman–Crippen LogP) is 4.27. The fraction of sp³-hybridized carbons (Fsp3) is 0.417. The van der Waals surface area contributed by atoms with Gasteiger partial charge < -0.3 is 15.3 Å². The highest BCUT2D eigenvalue weighted by atomic mass is 32.2. The highest BCUT2D eigenvalue weighted by Crippen LogP contribution is 2.13. The lowest BCUT2D eigenvalue weighted by Crippen LogP contribution is -2.47. The van der Waals surface area contributed by atoms with Crippen LogP contribution >= 0.6 is 11.8 Å². The zero-order valence-corrected chi connectivity index (χ0v) is 19.7. The summed E-state index contributed by atoms with van der Waals surface area (Å²) in [6.07, 6.45) is -0.320. The molecule has 0 saturated carbocycles. The Morgan fingerprint density at radius 1 is 1.00 bits per heavy atom. The van der Waals surface area contributed by atoms with E-state index in [1.54, 1.807) is 0 Å². The van der Waals surface area contributed by atoms with Gasteiger partial charge in [-0.25, -0.2) is 4.79 Å². The van der Waals surface area contributed by atoms with Crippen LogP contribution in [0.3, 0.4) is 0 Å². The molecule has 0 aliphatic heterocycles. The number of carboxylic acids is 1. The predicted molar refractivity (Wildman–Crippen MR) is 126 cm³/mol. The molecule has 2 aromatic carbocycles. The smallest absolute Gasteiger partial charge is 0.475 e. The Morgan fingerprint density at radius 2 is 1.52 bits per heavy atom. The van der Waals surface area contributed by atoms with Crippen molar-refractivity contribution in [1.82, 2.24) is 10.2 Å². The maximum Gasteiger partial charge on any atom is 0.490 e. The highest BCUT2D eigenvalue weighted by molar-refractivity contribution is 7.98. The number of halogens is 3. The van der Waals surface area contributed by atoms with Crippen molar-refractivity contribution in [3.05, 3.63) is 71.8 Å². The molecule has 182 valence electrons. The number of nitrogens with one attached hydrogen (secondary N) is 1. The molecule has 0 radical (unpaired) electrons. The number of hydrogen-bond donors (Lipinski definition) is 2. The third-order valence-corrected chi connectivity index (χ3v) is 5.47. The molecule has 1 atom stereocenters. The number of benzene rings is 2. The first-order valence-electron chi connectivity index (χ1n) is 10.5. The van der Waals surface area contributed by atoms with Crippen molar-refractivity contribution in [2.45, 2.75) is 31.5 Å². The Hall–Kier alpha value is -2.52. The van der Waals surface area contributed by atoms with Crippen LogP contribution in [-0.2, 0) is 22.4 Å². The van der Waals surface area contributed by atoms with Gasteiger partial charge in [-0.1, -0.05) is 60.7 Å². The molecule has 5 nitrogen and oxygen atoms in total. The summed E-state index contributed by atoms with van der Waals surface area (Å²) in [5, 5.41) is 10.3. The fourth-order valence-corrected chi connectivity index (χ4v) is 3.44. The molecule has 0 bridgehead atoms. The van der Waals surface area contributed by atoms with Crippen LogP contribution < -0.4 is 5.32 Å². The van der Waals surface area contributed by atoms with Gasteiger partial charge in [0.25, 0.3) is 0 Å². The summed E-state index contributed by atoms with van der Waals surface area (Å²) < 4.78 is 31.7. The Bertz CT molecular complexity index is 821. The minimum absolute atomic E-state index is 0.178. The zero-order chi connectivity index (χ0) is 24.7. The summed E-state index contributed by atoms with van der Waals surface area (Å²) in [5.74, 6) is -1.47. The van der Waals surface area contributed by atoms with Crippen LogP contribution in [0.5, 0.6) is 0 Å². The number of likely N-dealkylation sites (N-methyl/N-ethyl adjacent to an activating group) is 1. The van der Waals surface area contributed by atoms with E-state index in [9.17, 15) is 18.0 Å². The van der Waals surface area contributed by atoms with E-state index in [0.717, 1.165) is 38.1 Å². The van der Waals surface area contributed by atoms with E-state index in [0.29, 0.717) is 0 Å². The first-order valence-corrected chi connectivity index (χ1v) is 11.9. The third kappa shape index (κ3) is 11.8. The number of alkyl halides is 3. The second kappa shape index (κ2) is 15.3. The van der Waals surface area contributed by atoms with Crippen molar-refractivity contribution in [1.29, 1.82) is 0 Å². The van der Waals surface area contributed by atoms with Crippen molar-refractivity contribution in [3.63, 3.8) is 0 Å². The second-order valence-corrected chi connectivity index (χ2v) is 8.23. The number of thioether (sulfide) groups is 1. The van der Waals surface area contributed by atoms with E-state index >= 15 is 0 Å². The summed E-state index contributed by atoms with van der Waals surface area (Å²) >= 11 is 1.83. The summed E-state index contributed by atoms with van der Waals surface area (Å²) in [6.45, 7) is 1.59. The number of amides is 1. The summed E-state index contributed by atoms with van der Waals surface area (Å²) in [6, 6.07) is 20.4. The van der Waals surface area contributed by atoms with Gasteiger partial charge in [0.15, 0.2) is 0 Å². The quantitative estimate of drug-likeness (QED) is 0.466. The summed E-state index contributed by atoms with van der Waals surface area (Å²) in [5.41, 5.74) is 2.46. The Balaban J connectivity index is 0.000000675. The average Bonchev–Trinajstić information content (AvgIpc) is 2.80. The molecule has 0 aliphatic carbocycles. The molecule has 0 unspecified atom stereocenters. The highest BCUT2D eigenvalue weighted by Gasteiger charge is 2.38. The van der Waals surface area contributed by atoms with E-state index in [1.165, 1.54) is 11.1 Å². The minimum Gasteiger partial charge on any atom is -0.475 e. The van der Waals surface area contributed by atoms with Crippen LogP contribution in [-0.4, -0.2) is 66.2 Å². The molecule has 0 saturated heterocycles. The molecule has 0 aromatic heterocycles. The van der Waals surface area contributed by atoms with Gasteiger partial charge >= 0.3 is 12.1 Å². The molecule has 0 spiro atoms. The van der Waals surface area contributed by atoms with Gasteiger partial charge in [0.05, 0.1) is 6.04 Å². The molecule has 2 aromatic rings. The summed E-state index contributed by atoms with van der Waals surface area (Å²) in [7, 11) is 1.88. The van der Waals surface area contributed by atoms with Gasteiger partial charge in [0.1, 0.15) is 0 Å². The number of carbonyl (C=O) groups excluding carboxylic acids is 1. The van der Waals surface area contributed by atoms with Crippen LogP contribution in [0.25, 0.3) is 0 Å². The number of nitrogens with zero attached hydrogens (tertiary/aromatic N) is 1. The average molecular weight is 485 g/mol. The molecular weight excluding hydrogens is 453 g/mol. The second-order valence-electron chi connectivity index (χ2n) is 7.24. The molecule has 1 amide bonds. The Morgan fingerprint density at radius 3 is 1.97 bits per heavy atom. The number of rotatable bonds is 11. The molecule has 2 rings (SSSR count). The third-order valence-electron chi connectivity index (χ3n) is 4.77. The maximum absolute atomic E-state index is 13.2. The first-order chi connectivity index (χ1) is 15.7. The lowest BCUT2D eigenvalue weighted by molar-refractivity contribution is -0.192. The largest absolute Gasteiger partial charge is 0.490 e. The van der Waals surface area contributed by atoms with Gasteiger partial charge in [-0.15, -0.1) is 0 Å². The maximum atomic E-state index is 13.2. The van der Waals surface area contributed by atoms with Gasteiger partial charge in [-0.3, -0.25) is 4.79 Å². The van der Waals surface area contributed by atoms with Crippen LogP contribution in [0.15, 0.2) is 60.7 Å². The zero-order valence-electron chi connectivity index (χ0n) is 18.8. The van der Waals surface area contributed by atoms with Gasteiger partial charge in [-0.2, -0.15) is 24.9 Å². The molecule has 2 N–H and O–H groups in total. The standard InChI is InChI=1S/C22H30N2OS.C2HF3O2/c1-23-21(18-20-12-7-4-8-13-20)22(25)24(15-9-17-26-2)16-14-19-10-5-3-6-11-19;3-2(4,5)1(6)7/h3-8,10-13,21,23H,9,14-18H2,1-2H3;(H,6,7)/t21-;/m0./s1. The molecule has 0 aliphatic rings. The monoisotopic (exact) mass is 484 g/mol. The van der Waals surface area contributed by atoms with Crippen LogP contribution in [0, 0.1) is 0 Å². The van der Waals surface area contributed by atoms with Crippen LogP contribution in [0.4, 0.5) is 13.2 Å². The van der Waals surface area contributed by atoms with Gasteiger partial charge in [-0.05, 0) is 49.4 Å². The van der Waals surface area contributed by atoms with E-state index in [4.69, 9.17) is 9.90 Å². The van der Waals surface area contributed by atoms with E-state index in [2.05, 4.69) is 48.0 Å².